The van der Waals surface area contributed by atoms with Gasteiger partial charge in [-0.2, -0.15) is 0 Å². The number of carbonyl (C=O) groups excluding carboxylic acids is 1. The van der Waals surface area contributed by atoms with Crippen LogP contribution in [0.2, 0.25) is 0 Å². The molecule has 1 saturated heterocycles. The highest BCUT2D eigenvalue weighted by atomic mass is 16.5. The Labute approximate surface area is 108 Å². The van der Waals surface area contributed by atoms with Crippen LogP contribution in [-0.2, 0) is 4.79 Å². The molecule has 0 radical (unpaired) electrons. The summed E-state index contributed by atoms with van der Waals surface area (Å²) in [6.07, 6.45) is 1.57. The predicted molar refractivity (Wildman–Crippen MR) is 70.6 cm³/mol. The maximum absolute atomic E-state index is 11.1. The van der Waals surface area contributed by atoms with E-state index in [1.165, 1.54) is 0 Å². The molecule has 0 aromatic heterocycles. The first-order valence-electron chi connectivity index (χ1n) is 6.36. The lowest BCUT2D eigenvalue weighted by molar-refractivity contribution is -0.119. The van der Waals surface area contributed by atoms with Gasteiger partial charge in [-0.1, -0.05) is 18.2 Å². The van der Waals surface area contributed by atoms with Crippen molar-refractivity contribution in [2.24, 2.45) is 0 Å². The van der Waals surface area contributed by atoms with Crippen LogP contribution >= 0.6 is 0 Å². The number of rotatable bonds is 5. The first-order chi connectivity index (χ1) is 8.70. The molecule has 1 fully saturated rings. The molecule has 0 spiro atoms. The molecule has 98 valence electrons. The zero-order valence-electron chi connectivity index (χ0n) is 10.9. The lowest BCUT2D eigenvalue weighted by Gasteiger charge is -2.19. The van der Waals surface area contributed by atoms with Gasteiger partial charge >= 0.3 is 0 Å². The van der Waals surface area contributed by atoms with Crippen LogP contribution in [0.25, 0.3) is 0 Å². The van der Waals surface area contributed by atoms with E-state index in [0.717, 1.165) is 24.3 Å². The maximum atomic E-state index is 11.1. The van der Waals surface area contributed by atoms with Gasteiger partial charge in [-0.15, -0.1) is 0 Å². The Hall–Kier alpha value is -1.55. The lowest BCUT2D eigenvalue weighted by Crippen LogP contribution is -2.36. The minimum atomic E-state index is 0.159. The van der Waals surface area contributed by atoms with Gasteiger partial charge in [-0.25, -0.2) is 0 Å². The van der Waals surface area contributed by atoms with Gasteiger partial charge < -0.3 is 15.4 Å². The summed E-state index contributed by atoms with van der Waals surface area (Å²) in [5, 5.41) is 6.40. The number of amides is 1. The van der Waals surface area contributed by atoms with E-state index in [4.69, 9.17) is 4.74 Å². The van der Waals surface area contributed by atoms with Crippen molar-refractivity contribution in [2.45, 2.75) is 31.8 Å². The minimum absolute atomic E-state index is 0.159. The normalized spacial score (nSPS) is 20.6. The molecule has 1 heterocycles. The second kappa shape index (κ2) is 5.87. The standard InChI is InChI=1S/C14H20N2O2/c1-10(12-5-3-4-6-13(12)18-2)15-9-11-7-8-14(17)16-11/h3-6,10-11,15H,7-9H2,1-2H3,(H,16,17). The monoisotopic (exact) mass is 248 g/mol. The van der Waals surface area contributed by atoms with E-state index in [1.54, 1.807) is 7.11 Å². The Balaban J connectivity index is 1.91. The average Bonchev–Trinajstić information content (AvgIpc) is 2.81. The largest absolute Gasteiger partial charge is 0.496 e. The van der Waals surface area contributed by atoms with Gasteiger partial charge in [0.25, 0.3) is 0 Å². The van der Waals surface area contributed by atoms with Crippen LogP contribution in [0.4, 0.5) is 0 Å². The molecule has 18 heavy (non-hydrogen) atoms. The fourth-order valence-corrected chi connectivity index (χ4v) is 2.28. The lowest BCUT2D eigenvalue weighted by atomic mass is 10.1. The highest BCUT2D eigenvalue weighted by Gasteiger charge is 2.21. The van der Waals surface area contributed by atoms with Crippen LogP contribution in [-0.4, -0.2) is 25.6 Å². The van der Waals surface area contributed by atoms with Crippen molar-refractivity contribution in [3.8, 4) is 5.75 Å². The van der Waals surface area contributed by atoms with Gasteiger partial charge in [0.05, 0.1) is 7.11 Å². The fraction of sp³-hybridized carbons (Fsp3) is 0.500. The Kier molecular flexibility index (Phi) is 4.20. The third kappa shape index (κ3) is 3.01. The van der Waals surface area contributed by atoms with Gasteiger partial charge in [-0.3, -0.25) is 4.79 Å². The maximum Gasteiger partial charge on any atom is 0.220 e. The second-order valence-electron chi connectivity index (χ2n) is 4.67. The summed E-state index contributed by atoms with van der Waals surface area (Å²) in [6.45, 7) is 2.90. The van der Waals surface area contributed by atoms with Gasteiger partial charge in [0.2, 0.25) is 5.91 Å². The Bertz CT molecular complexity index is 420. The summed E-state index contributed by atoms with van der Waals surface area (Å²) in [5.74, 6) is 1.06. The number of carbonyl (C=O) groups is 1. The second-order valence-corrected chi connectivity index (χ2v) is 4.67. The van der Waals surface area contributed by atoms with Crippen LogP contribution in [0.1, 0.15) is 31.4 Å². The van der Waals surface area contributed by atoms with Gasteiger partial charge in [0, 0.05) is 30.6 Å². The van der Waals surface area contributed by atoms with Crippen LogP contribution in [0.3, 0.4) is 0 Å². The number of benzene rings is 1. The molecule has 1 aliphatic rings. The van der Waals surface area contributed by atoms with Crippen molar-refractivity contribution in [2.75, 3.05) is 13.7 Å². The molecule has 0 saturated carbocycles. The van der Waals surface area contributed by atoms with Crippen LogP contribution in [0, 0.1) is 0 Å². The first-order valence-corrected chi connectivity index (χ1v) is 6.36. The zero-order chi connectivity index (χ0) is 13.0. The van der Waals surface area contributed by atoms with Crippen LogP contribution < -0.4 is 15.4 Å². The highest BCUT2D eigenvalue weighted by Crippen LogP contribution is 2.24. The minimum Gasteiger partial charge on any atom is -0.496 e. The predicted octanol–water partition coefficient (Wildman–Crippen LogP) is 1.62. The van der Waals surface area contributed by atoms with E-state index in [2.05, 4.69) is 23.6 Å². The van der Waals surface area contributed by atoms with Crippen molar-refractivity contribution >= 4 is 5.91 Å². The number of para-hydroxylation sites is 1. The van der Waals surface area contributed by atoms with E-state index >= 15 is 0 Å². The van der Waals surface area contributed by atoms with Crippen molar-refractivity contribution < 1.29 is 9.53 Å². The SMILES string of the molecule is COc1ccccc1C(C)NCC1CCC(=O)N1. The Morgan fingerprint density at radius 2 is 2.28 bits per heavy atom. The Morgan fingerprint density at radius 3 is 2.94 bits per heavy atom. The number of hydrogen-bond acceptors (Lipinski definition) is 3. The number of methoxy groups -OCH3 is 1. The summed E-state index contributed by atoms with van der Waals surface area (Å²) < 4.78 is 5.35. The molecular formula is C14H20N2O2. The first kappa shape index (κ1) is 12.9. The molecule has 1 amide bonds. The molecule has 1 aliphatic heterocycles. The van der Waals surface area contributed by atoms with Crippen molar-refractivity contribution in [3.63, 3.8) is 0 Å². The molecule has 2 rings (SSSR count). The fourth-order valence-electron chi connectivity index (χ4n) is 2.28. The number of ether oxygens (including phenoxy) is 1. The molecule has 0 bridgehead atoms. The third-order valence-electron chi connectivity index (χ3n) is 3.36. The summed E-state index contributed by atoms with van der Waals surface area (Å²) in [7, 11) is 1.68. The van der Waals surface area contributed by atoms with Crippen LogP contribution in [0.5, 0.6) is 5.75 Å². The Morgan fingerprint density at radius 1 is 1.50 bits per heavy atom. The number of hydrogen-bond donors (Lipinski definition) is 2. The van der Waals surface area contributed by atoms with Crippen molar-refractivity contribution in [1.29, 1.82) is 0 Å². The third-order valence-corrected chi connectivity index (χ3v) is 3.36. The van der Waals surface area contributed by atoms with E-state index < -0.39 is 0 Å². The molecule has 2 unspecified atom stereocenters. The van der Waals surface area contributed by atoms with E-state index in [9.17, 15) is 4.79 Å². The van der Waals surface area contributed by atoms with E-state index in [1.807, 2.05) is 18.2 Å². The van der Waals surface area contributed by atoms with E-state index in [-0.39, 0.29) is 18.0 Å². The summed E-state index contributed by atoms with van der Waals surface area (Å²) in [6, 6.07) is 8.46. The smallest absolute Gasteiger partial charge is 0.220 e. The molecule has 2 atom stereocenters. The quantitative estimate of drug-likeness (QED) is 0.832. The van der Waals surface area contributed by atoms with Crippen LogP contribution in [0.15, 0.2) is 24.3 Å². The highest BCUT2D eigenvalue weighted by molar-refractivity contribution is 5.78. The van der Waals surface area contributed by atoms with Gasteiger partial charge in [-0.05, 0) is 19.4 Å². The molecule has 1 aromatic carbocycles. The molecule has 4 heteroatoms. The summed E-state index contributed by atoms with van der Waals surface area (Å²) in [5.41, 5.74) is 1.14. The molecule has 4 nitrogen and oxygen atoms in total. The van der Waals surface area contributed by atoms with Gasteiger partial charge in [0.1, 0.15) is 5.75 Å². The van der Waals surface area contributed by atoms with Gasteiger partial charge in [0.15, 0.2) is 0 Å². The topological polar surface area (TPSA) is 50.4 Å². The zero-order valence-corrected chi connectivity index (χ0v) is 10.9. The average molecular weight is 248 g/mol. The molecular weight excluding hydrogens is 228 g/mol. The molecule has 2 N–H and O–H groups in total. The molecule has 0 aliphatic carbocycles. The van der Waals surface area contributed by atoms with Crippen molar-refractivity contribution in [1.82, 2.24) is 10.6 Å². The summed E-state index contributed by atoms with van der Waals surface area (Å²) in [4.78, 5) is 11.1. The number of nitrogens with one attached hydrogen (secondary N) is 2. The molecule has 1 aromatic rings. The summed E-state index contributed by atoms with van der Waals surface area (Å²) >= 11 is 0. The van der Waals surface area contributed by atoms with E-state index in [0.29, 0.717) is 6.42 Å². The van der Waals surface area contributed by atoms with Crippen molar-refractivity contribution in [3.05, 3.63) is 29.8 Å².